The molecule has 6 nitrogen and oxygen atoms in total. The highest BCUT2D eigenvalue weighted by Crippen LogP contribution is 2.50. The van der Waals surface area contributed by atoms with Gasteiger partial charge in [-0.1, -0.05) is 29.3 Å². The fraction of sp³-hybridized carbons (Fsp3) is 0.385. The third-order valence-corrected chi connectivity index (χ3v) is 7.23. The molecule has 1 fully saturated rings. The van der Waals surface area contributed by atoms with Gasteiger partial charge in [0.2, 0.25) is 0 Å². The first-order valence-electron chi connectivity index (χ1n) is 11.6. The number of nitrogens with one attached hydrogen (secondary N) is 1. The molecular weight excluding hydrogens is 471 g/mol. The molecule has 0 unspecified atom stereocenters. The second-order valence-electron chi connectivity index (χ2n) is 9.82. The molecule has 178 valence electrons. The lowest BCUT2D eigenvalue weighted by molar-refractivity contribution is 0.0716. The van der Waals surface area contributed by atoms with Crippen molar-refractivity contribution in [2.75, 3.05) is 11.9 Å². The Hall–Kier alpha value is -2.54. The third kappa shape index (κ3) is 4.54. The predicted molar refractivity (Wildman–Crippen MR) is 135 cm³/mol. The molecule has 2 aromatic heterocycles. The van der Waals surface area contributed by atoms with Crippen molar-refractivity contribution in [1.82, 2.24) is 14.5 Å². The Morgan fingerprint density at radius 2 is 1.94 bits per heavy atom. The standard InChI is InChI=1S/C26H28Cl2N4O2/c1-16(2)30-24-9-21(22(28)10-29-24)18-8-23-25(34)32(15-26(5-6-26)14-31(23)12-18)11-17-3-4-20(27)7-19(17)13-33/h3-4,7-10,12,16,33H,5-6,11,13-15H2,1-2H3,(H,29,30). The van der Waals surface area contributed by atoms with E-state index in [1.807, 2.05) is 29.3 Å². The van der Waals surface area contributed by atoms with Gasteiger partial charge in [-0.3, -0.25) is 4.79 Å². The van der Waals surface area contributed by atoms with E-state index in [1.54, 1.807) is 18.3 Å². The summed E-state index contributed by atoms with van der Waals surface area (Å²) in [6, 6.07) is 9.59. The zero-order valence-corrected chi connectivity index (χ0v) is 20.8. The largest absolute Gasteiger partial charge is 0.392 e. The number of aliphatic hydroxyl groups is 1. The number of benzene rings is 1. The fourth-order valence-corrected chi connectivity index (χ4v) is 5.18. The monoisotopic (exact) mass is 498 g/mol. The van der Waals surface area contributed by atoms with Gasteiger partial charge in [0.25, 0.3) is 5.91 Å². The molecule has 0 saturated heterocycles. The van der Waals surface area contributed by atoms with Crippen LogP contribution in [0, 0.1) is 5.41 Å². The molecule has 1 aliphatic heterocycles. The summed E-state index contributed by atoms with van der Waals surface area (Å²) >= 11 is 12.6. The fourth-order valence-electron chi connectivity index (χ4n) is 4.77. The number of aromatic nitrogens is 2. The molecule has 1 amide bonds. The van der Waals surface area contributed by atoms with Crippen LogP contribution < -0.4 is 5.32 Å². The maximum atomic E-state index is 13.7. The van der Waals surface area contributed by atoms with Crippen LogP contribution in [-0.4, -0.2) is 38.1 Å². The van der Waals surface area contributed by atoms with Crippen LogP contribution in [0.25, 0.3) is 11.1 Å². The lowest BCUT2D eigenvalue weighted by Crippen LogP contribution is -2.34. The van der Waals surface area contributed by atoms with Crippen molar-refractivity contribution in [2.24, 2.45) is 5.41 Å². The first-order chi connectivity index (χ1) is 16.3. The Bertz CT molecular complexity index is 1250. The minimum atomic E-state index is -0.114. The average Bonchev–Trinajstić information content (AvgIpc) is 3.44. The number of halogens is 2. The first-order valence-corrected chi connectivity index (χ1v) is 12.3. The van der Waals surface area contributed by atoms with E-state index in [9.17, 15) is 9.90 Å². The van der Waals surface area contributed by atoms with Crippen LogP contribution in [0.15, 0.2) is 42.7 Å². The van der Waals surface area contributed by atoms with Crippen LogP contribution in [0.4, 0.5) is 5.82 Å². The molecular formula is C26H28Cl2N4O2. The normalized spacial score (nSPS) is 16.6. The minimum Gasteiger partial charge on any atom is -0.392 e. The number of carbonyl (C=O) groups is 1. The van der Waals surface area contributed by atoms with Crippen molar-refractivity contribution in [3.05, 3.63) is 69.6 Å². The van der Waals surface area contributed by atoms with Crippen molar-refractivity contribution in [3.63, 3.8) is 0 Å². The third-order valence-electron chi connectivity index (χ3n) is 6.69. The summed E-state index contributed by atoms with van der Waals surface area (Å²) in [5.74, 6) is 0.737. The van der Waals surface area contributed by atoms with Gasteiger partial charge in [-0.2, -0.15) is 0 Å². The second-order valence-corrected chi connectivity index (χ2v) is 10.7. The second kappa shape index (κ2) is 8.91. The summed E-state index contributed by atoms with van der Waals surface area (Å²) in [5.41, 5.74) is 4.17. The Kier molecular flexibility index (Phi) is 6.09. The van der Waals surface area contributed by atoms with Gasteiger partial charge >= 0.3 is 0 Å². The van der Waals surface area contributed by atoms with Gasteiger partial charge in [0.05, 0.1) is 11.6 Å². The number of aliphatic hydroxyl groups excluding tert-OH is 1. The smallest absolute Gasteiger partial charge is 0.270 e. The molecule has 2 N–H and O–H groups in total. The zero-order valence-electron chi connectivity index (χ0n) is 19.3. The maximum absolute atomic E-state index is 13.7. The van der Waals surface area contributed by atoms with Crippen LogP contribution >= 0.6 is 23.2 Å². The van der Waals surface area contributed by atoms with Crippen LogP contribution in [0.3, 0.4) is 0 Å². The Morgan fingerprint density at radius 1 is 1.15 bits per heavy atom. The summed E-state index contributed by atoms with van der Waals surface area (Å²) in [7, 11) is 0. The average molecular weight is 499 g/mol. The van der Waals surface area contributed by atoms with Crippen LogP contribution in [0.2, 0.25) is 10.0 Å². The van der Waals surface area contributed by atoms with E-state index in [1.165, 1.54) is 0 Å². The van der Waals surface area contributed by atoms with E-state index >= 15 is 0 Å². The van der Waals surface area contributed by atoms with Gasteiger partial charge in [0.1, 0.15) is 11.5 Å². The molecule has 0 bridgehead atoms. The van der Waals surface area contributed by atoms with Gasteiger partial charge in [-0.05, 0) is 62.1 Å². The van der Waals surface area contributed by atoms with E-state index in [0.717, 1.165) is 47.5 Å². The minimum absolute atomic E-state index is 0.0143. The van der Waals surface area contributed by atoms with Crippen LogP contribution in [0.1, 0.15) is 48.3 Å². The van der Waals surface area contributed by atoms with Crippen LogP contribution in [0.5, 0.6) is 0 Å². The summed E-state index contributed by atoms with van der Waals surface area (Å²) in [6.07, 6.45) is 5.88. The molecule has 0 radical (unpaired) electrons. The molecule has 8 heteroatoms. The number of rotatable bonds is 6. The van der Waals surface area contributed by atoms with E-state index in [4.69, 9.17) is 23.2 Å². The zero-order chi connectivity index (χ0) is 24.0. The number of carbonyl (C=O) groups excluding carboxylic acids is 1. The number of pyridine rings is 1. The Balaban J connectivity index is 1.50. The van der Waals surface area contributed by atoms with Gasteiger partial charge < -0.3 is 19.9 Å². The van der Waals surface area contributed by atoms with Crippen molar-refractivity contribution in [1.29, 1.82) is 0 Å². The lowest BCUT2D eigenvalue weighted by atomic mass is 10.0. The van der Waals surface area contributed by atoms with E-state index in [2.05, 4.69) is 28.7 Å². The number of fused-ring (bicyclic) bond motifs is 1. The lowest BCUT2D eigenvalue weighted by Gasteiger charge is -2.25. The number of nitrogens with zero attached hydrogens (tertiary/aromatic N) is 3. The highest BCUT2D eigenvalue weighted by Gasteiger charge is 2.47. The van der Waals surface area contributed by atoms with Crippen LogP contribution in [-0.2, 0) is 19.7 Å². The molecule has 0 atom stereocenters. The first kappa shape index (κ1) is 23.2. The van der Waals surface area contributed by atoms with E-state index in [-0.39, 0.29) is 24.0 Å². The van der Waals surface area contributed by atoms with Gasteiger partial charge in [0, 0.05) is 59.6 Å². The quantitative estimate of drug-likeness (QED) is 0.463. The molecule has 5 rings (SSSR count). The summed E-state index contributed by atoms with van der Waals surface area (Å²) in [5, 5.41) is 14.3. The molecule has 1 aromatic carbocycles. The maximum Gasteiger partial charge on any atom is 0.270 e. The summed E-state index contributed by atoms with van der Waals surface area (Å²) in [4.78, 5) is 20.0. The number of anilines is 1. The Labute approximate surface area is 209 Å². The predicted octanol–water partition coefficient (Wildman–Crippen LogP) is 5.61. The SMILES string of the molecule is CC(C)Nc1cc(-c2cc3n(c2)CC2(CC2)CN(Cc2ccc(Cl)cc2CO)C3=O)c(Cl)cn1. The molecule has 1 saturated carbocycles. The molecule has 2 aliphatic rings. The van der Waals surface area contributed by atoms with Gasteiger partial charge in [0.15, 0.2) is 0 Å². The highest BCUT2D eigenvalue weighted by atomic mass is 35.5. The summed E-state index contributed by atoms with van der Waals surface area (Å²) < 4.78 is 2.09. The van der Waals surface area contributed by atoms with Crippen molar-refractivity contribution in [2.45, 2.75) is 52.4 Å². The molecule has 1 aliphatic carbocycles. The topological polar surface area (TPSA) is 70.4 Å². The Morgan fingerprint density at radius 3 is 2.65 bits per heavy atom. The number of hydrogen-bond acceptors (Lipinski definition) is 4. The van der Waals surface area contributed by atoms with E-state index in [0.29, 0.717) is 28.8 Å². The number of amides is 1. The van der Waals surface area contributed by atoms with Gasteiger partial charge in [-0.25, -0.2) is 4.98 Å². The molecule has 3 aromatic rings. The molecule has 34 heavy (non-hydrogen) atoms. The van der Waals surface area contributed by atoms with Crippen molar-refractivity contribution >= 4 is 34.9 Å². The highest BCUT2D eigenvalue weighted by molar-refractivity contribution is 6.33. The van der Waals surface area contributed by atoms with Gasteiger partial charge in [-0.15, -0.1) is 0 Å². The van der Waals surface area contributed by atoms with E-state index < -0.39 is 0 Å². The van der Waals surface area contributed by atoms with Crippen molar-refractivity contribution in [3.8, 4) is 11.1 Å². The molecule has 1 spiro atoms. The summed E-state index contributed by atoms with van der Waals surface area (Å²) in [6.45, 7) is 5.94. The number of hydrogen-bond donors (Lipinski definition) is 2. The van der Waals surface area contributed by atoms with Crippen molar-refractivity contribution < 1.29 is 9.90 Å². The molecule has 3 heterocycles.